The van der Waals surface area contributed by atoms with Crippen molar-refractivity contribution in [3.05, 3.63) is 47.5 Å². The molecule has 0 aliphatic carbocycles. The van der Waals surface area contributed by atoms with E-state index in [1.165, 1.54) is 0 Å². The van der Waals surface area contributed by atoms with Gasteiger partial charge in [0, 0.05) is 24.3 Å². The number of hydrogen-bond acceptors (Lipinski definition) is 4. The van der Waals surface area contributed by atoms with Gasteiger partial charge >= 0.3 is 0 Å². The fourth-order valence-corrected chi connectivity index (χ4v) is 3.40. The number of anilines is 3. The highest BCUT2D eigenvalue weighted by Crippen LogP contribution is 2.34. The van der Waals surface area contributed by atoms with Crippen LogP contribution in [0.2, 0.25) is 0 Å². The van der Waals surface area contributed by atoms with E-state index < -0.39 is 6.04 Å². The molecule has 1 aliphatic heterocycles. The second-order valence-corrected chi connectivity index (χ2v) is 7.21. The molecule has 1 atom stereocenters. The number of hydrogen-bond donors (Lipinski definition) is 2. The smallest absolute Gasteiger partial charge is 0.246 e. The molecule has 0 spiro atoms. The van der Waals surface area contributed by atoms with Crippen molar-refractivity contribution in [2.75, 3.05) is 29.2 Å². The van der Waals surface area contributed by atoms with Gasteiger partial charge < -0.3 is 20.3 Å². The van der Waals surface area contributed by atoms with Gasteiger partial charge in [-0.1, -0.05) is 17.7 Å². The van der Waals surface area contributed by atoms with E-state index in [9.17, 15) is 9.59 Å². The van der Waals surface area contributed by atoms with Crippen LogP contribution in [0.15, 0.2) is 36.4 Å². The molecule has 0 unspecified atom stereocenters. The molecule has 2 N–H and O–H groups in total. The van der Waals surface area contributed by atoms with Crippen LogP contribution in [0.4, 0.5) is 17.1 Å². The van der Waals surface area contributed by atoms with E-state index in [1.54, 1.807) is 12.0 Å². The van der Waals surface area contributed by atoms with Gasteiger partial charge in [-0.3, -0.25) is 9.59 Å². The second kappa shape index (κ2) is 8.33. The maximum absolute atomic E-state index is 12.6. The zero-order chi connectivity index (χ0) is 20.3. The first-order chi connectivity index (χ1) is 13.4. The molecule has 0 bridgehead atoms. The number of methoxy groups -OCH3 is 1. The van der Waals surface area contributed by atoms with Crippen molar-refractivity contribution >= 4 is 28.9 Å². The summed E-state index contributed by atoms with van der Waals surface area (Å²) in [7, 11) is 1.59. The number of aryl methyl sites for hydroxylation is 2. The molecule has 0 saturated carbocycles. The summed E-state index contributed by atoms with van der Waals surface area (Å²) in [6.07, 6.45) is 1.39. The highest BCUT2D eigenvalue weighted by molar-refractivity contribution is 5.98. The van der Waals surface area contributed by atoms with Crippen molar-refractivity contribution in [3.63, 3.8) is 0 Å². The fraction of sp³-hybridized carbons (Fsp3) is 0.364. The number of rotatable bonds is 6. The molecule has 1 aliphatic rings. The lowest BCUT2D eigenvalue weighted by molar-refractivity contribution is -0.117. The van der Waals surface area contributed by atoms with E-state index in [0.29, 0.717) is 18.7 Å². The lowest BCUT2D eigenvalue weighted by Gasteiger charge is -2.22. The number of carbonyl (C=O) groups is 2. The zero-order valence-corrected chi connectivity index (χ0v) is 16.8. The van der Waals surface area contributed by atoms with Gasteiger partial charge in [-0.2, -0.15) is 0 Å². The molecule has 0 aromatic heterocycles. The Hall–Kier alpha value is -3.02. The van der Waals surface area contributed by atoms with Crippen LogP contribution in [0.3, 0.4) is 0 Å². The Balaban J connectivity index is 1.73. The molecule has 6 heteroatoms. The molecule has 3 rings (SSSR count). The molecule has 1 heterocycles. The van der Waals surface area contributed by atoms with Crippen LogP contribution in [0.1, 0.15) is 30.9 Å². The van der Waals surface area contributed by atoms with Crippen molar-refractivity contribution in [3.8, 4) is 5.75 Å². The Morgan fingerprint density at radius 3 is 2.61 bits per heavy atom. The Morgan fingerprint density at radius 1 is 1.18 bits per heavy atom. The summed E-state index contributed by atoms with van der Waals surface area (Å²) >= 11 is 0. The fourth-order valence-electron chi connectivity index (χ4n) is 3.40. The third-order valence-corrected chi connectivity index (χ3v) is 4.96. The predicted octanol–water partition coefficient (Wildman–Crippen LogP) is 3.88. The number of amides is 2. The summed E-state index contributed by atoms with van der Waals surface area (Å²) in [5.41, 5.74) is 4.49. The van der Waals surface area contributed by atoms with Gasteiger partial charge in [0.15, 0.2) is 0 Å². The Kier molecular flexibility index (Phi) is 5.87. The van der Waals surface area contributed by atoms with E-state index in [-0.39, 0.29) is 11.8 Å². The number of carbonyl (C=O) groups excluding carboxylic acids is 2. The van der Waals surface area contributed by atoms with Crippen LogP contribution in [0.5, 0.6) is 5.75 Å². The van der Waals surface area contributed by atoms with Crippen molar-refractivity contribution in [2.24, 2.45) is 0 Å². The minimum atomic E-state index is -0.448. The molecule has 6 nitrogen and oxygen atoms in total. The summed E-state index contributed by atoms with van der Waals surface area (Å²) in [5.74, 6) is 0.617. The zero-order valence-electron chi connectivity index (χ0n) is 16.8. The minimum absolute atomic E-state index is 0.0936. The number of nitrogens with zero attached hydrogens (tertiary/aromatic N) is 1. The lowest BCUT2D eigenvalue weighted by atomic mass is 10.1. The number of ether oxygens (including phenoxy) is 1. The first-order valence-electron chi connectivity index (χ1n) is 9.52. The standard InChI is InChI=1S/C22H27N3O3/c1-14-7-9-18(15(2)12-14)24-22(27)16(3)23-17-8-10-20(28-4)19(13-17)25-11-5-6-21(25)26/h7-10,12-13,16,23H,5-6,11H2,1-4H3,(H,24,27)/t16-/m1/s1. The molecule has 2 amide bonds. The Morgan fingerprint density at radius 2 is 1.96 bits per heavy atom. The third kappa shape index (κ3) is 4.27. The Bertz CT molecular complexity index is 895. The molecule has 28 heavy (non-hydrogen) atoms. The molecule has 1 saturated heterocycles. The van der Waals surface area contributed by atoms with Crippen molar-refractivity contribution in [1.82, 2.24) is 0 Å². The Labute approximate surface area is 165 Å². The van der Waals surface area contributed by atoms with Gasteiger partial charge in [-0.25, -0.2) is 0 Å². The first kappa shape index (κ1) is 19.7. The van der Waals surface area contributed by atoms with Gasteiger partial charge in [0.25, 0.3) is 0 Å². The summed E-state index contributed by atoms with van der Waals surface area (Å²) in [6, 6.07) is 11.0. The lowest BCUT2D eigenvalue weighted by Crippen LogP contribution is -2.32. The van der Waals surface area contributed by atoms with Crippen LogP contribution in [-0.2, 0) is 9.59 Å². The van der Waals surface area contributed by atoms with Crippen LogP contribution < -0.4 is 20.3 Å². The third-order valence-electron chi connectivity index (χ3n) is 4.96. The van der Waals surface area contributed by atoms with E-state index in [2.05, 4.69) is 10.6 Å². The SMILES string of the molecule is COc1ccc(N[C@H](C)C(=O)Nc2ccc(C)cc2C)cc1N1CCCC1=O. The van der Waals surface area contributed by atoms with Gasteiger partial charge in [0.05, 0.1) is 12.8 Å². The van der Waals surface area contributed by atoms with Crippen molar-refractivity contribution in [2.45, 2.75) is 39.7 Å². The van der Waals surface area contributed by atoms with Gasteiger partial charge in [-0.15, -0.1) is 0 Å². The summed E-state index contributed by atoms with van der Waals surface area (Å²) in [4.78, 5) is 26.5. The molecule has 2 aromatic carbocycles. The largest absolute Gasteiger partial charge is 0.495 e. The van der Waals surface area contributed by atoms with Crippen LogP contribution in [-0.4, -0.2) is 31.5 Å². The van der Waals surface area contributed by atoms with E-state index in [4.69, 9.17) is 4.74 Å². The maximum atomic E-state index is 12.6. The molecular weight excluding hydrogens is 354 g/mol. The molecule has 0 radical (unpaired) electrons. The topological polar surface area (TPSA) is 70.7 Å². The van der Waals surface area contributed by atoms with Crippen LogP contribution >= 0.6 is 0 Å². The van der Waals surface area contributed by atoms with E-state index in [0.717, 1.165) is 34.6 Å². The molecule has 2 aromatic rings. The molecule has 1 fully saturated rings. The highest BCUT2D eigenvalue weighted by Gasteiger charge is 2.25. The average Bonchev–Trinajstić information content (AvgIpc) is 3.09. The van der Waals surface area contributed by atoms with Crippen molar-refractivity contribution < 1.29 is 14.3 Å². The second-order valence-electron chi connectivity index (χ2n) is 7.21. The minimum Gasteiger partial charge on any atom is -0.495 e. The van der Waals surface area contributed by atoms with Gasteiger partial charge in [0.2, 0.25) is 11.8 Å². The summed E-state index contributed by atoms with van der Waals surface area (Å²) in [6.45, 7) is 6.49. The van der Waals surface area contributed by atoms with Gasteiger partial charge in [-0.05, 0) is 57.0 Å². The van der Waals surface area contributed by atoms with Gasteiger partial charge in [0.1, 0.15) is 11.8 Å². The molecular formula is C22H27N3O3. The summed E-state index contributed by atoms with van der Waals surface area (Å²) < 4.78 is 5.41. The monoisotopic (exact) mass is 381 g/mol. The van der Waals surface area contributed by atoms with Crippen LogP contribution in [0.25, 0.3) is 0 Å². The normalized spacial score (nSPS) is 14.7. The van der Waals surface area contributed by atoms with E-state index in [1.807, 2.05) is 57.2 Å². The maximum Gasteiger partial charge on any atom is 0.246 e. The average molecular weight is 381 g/mol. The molecule has 148 valence electrons. The van der Waals surface area contributed by atoms with E-state index >= 15 is 0 Å². The summed E-state index contributed by atoms with van der Waals surface area (Å²) in [5, 5.41) is 6.18. The number of benzene rings is 2. The van der Waals surface area contributed by atoms with Crippen LogP contribution in [0, 0.1) is 13.8 Å². The predicted molar refractivity (Wildman–Crippen MR) is 112 cm³/mol. The first-order valence-corrected chi connectivity index (χ1v) is 9.52. The quantitative estimate of drug-likeness (QED) is 0.797. The number of nitrogens with one attached hydrogen (secondary N) is 2. The van der Waals surface area contributed by atoms with Crippen molar-refractivity contribution in [1.29, 1.82) is 0 Å². The highest BCUT2D eigenvalue weighted by atomic mass is 16.5.